The number of hydrogen-bond acceptors (Lipinski definition) is 2. The number of nitrogens with zero attached hydrogens (tertiary/aromatic N) is 1. The maximum absolute atomic E-state index is 11.8. The molecule has 68 valence electrons. The monoisotopic (exact) mass is 175 g/mol. The van der Waals surface area contributed by atoms with Gasteiger partial charge in [0.15, 0.2) is 5.78 Å². The van der Waals surface area contributed by atoms with Crippen molar-refractivity contribution < 1.29 is 4.79 Å². The van der Waals surface area contributed by atoms with Gasteiger partial charge in [-0.05, 0) is 30.9 Å². The van der Waals surface area contributed by atoms with E-state index in [2.05, 4.69) is 11.9 Å². The van der Waals surface area contributed by atoms with E-state index >= 15 is 0 Å². The van der Waals surface area contributed by atoms with Gasteiger partial charge >= 0.3 is 0 Å². The van der Waals surface area contributed by atoms with Crippen LogP contribution in [0.15, 0.2) is 18.5 Å². The Labute approximate surface area is 78.0 Å². The third kappa shape index (κ3) is 1.62. The first kappa shape index (κ1) is 8.42. The van der Waals surface area contributed by atoms with Gasteiger partial charge in [-0.1, -0.05) is 6.92 Å². The van der Waals surface area contributed by atoms with Gasteiger partial charge < -0.3 is 0 Å². The number of ketones is 1. The van der Waals surface area contributed by atoms with Gasteiger partial charge in [0.2, 0.25) is 0 Å². The average molecular weight is 175 g/mol. The zero-order valence-electron chi connectivity index (χ0n) is 7.79. The number of rotatable bonds is 3. The van der Waals surface area contributed by atoms with Crippen molar-refractivity contribution >= 4 is 5.78 Å². The zero-order chi connectivity index (χ0) is 9.26. The highest BCUT2D eigenvalue weighted by Gasteiger charge is 2.31. The molecule has 0 unspecified atom stereocenters. The molecule has 2 nitrogen and oxygen atoms in total. The summed E-state index contributed by atoms with van der Waals surface area (Å²) in [7, 11) is 0. The summed E-state index contributed by atoms with van der Waals surface area (Å²) in [5.74, 6) is 0.631. The highest BCUT2D eigenvalue weighted by molar-refractivity contribution is 6.00. The summed E-state index contributed by atoms with van der Waals surface area (Å²) in [6.45, 7) is 2.06. The maximum atomic E-state index is 11.8. The first-order valence-corrected chi connectivity index (χ1v) is 4.80. The topological polar surface area (TPSA) is 30.0 Å². The largest absolute Gasteiger partial charge is 0.294 e. The Morgan fingerprint density at radius 3 is 3.00 bits per heavy atom. The van der Waals surface area contributed by atoms with Crippen LogP contribution < -0.4 is 0 Å². The molecule has 2 heteroatoms. The minimum Gasteiger partial charge on any atom is -0.294 e. The molecular formula is C11H13NO. The summed E-state index contributed by atoms with van der Waals surface area (Å²) in [6.07, 6.45) is 6.54. The number of aryl methyl sites for hydroxylation is 1. The minimum atomic E-state index is 0.313. The Morgan fingerprint density at radius 1 is 1.62 bits per heavy atom. The van der Waals surface area contributed by atoms with E-state index in [1.807, 2.05) is 6.07 Å². The van der Waals surface area contributed by atoms with Gasteiger partial charge in [0, 0.05) is 23.9 Å². The van der Waals surface area contributed by atoms with Crippen molar-refractivity contribution in [3.63, 3.8) is 0 Å². The molecule has 0 atom stereocenters. The van der Waals surface area contributed by atoms with Gasteiger partial charge in [0.25, 0.3) is 0 Å². The first-order chi connectivity index (χ1) is 6.33. The fourth-order valence-corrected chi connectivity index (χ4v) is 1.51. The summed E-state index contributed by atoms with van der Waals surface area (Å²) in [6, 6.07) is 1.85. The fraction of sp³-hybridized carbons (Fsp3) is 0.455. The Balaban J connectivity index is 2.31. The molecular weight excluding hydrogens is 162 g/mol. The molecule has 13 heavy (non-hydrogen) atoms. The summed E-state index contributed by atoms with van der Waals surface area (Å²) in [4.78, 5) is 15.8. The maximum Gasteiger partial charge on any atom is 0.166 e. The fourth-order valence-electron chi connectivity index (χ4n) is 1.51. The Bertz CT molecular complexity index is 329. The van der Waals surface area contributed by atoms with Crippen LogP contribution in [0.2, 0.25) is 0 Å². The minimum absolute atomic E-state index is 0.313. The lowest BCUT2D eigenvalue weighted by Crippen LogP contribution is -2.05. The van der Waals surface area contributed by atoms with E-state index in [-0.39, 0.29) is 0 Å². The molecule has 0 bridgehead atoms. The summed E-state index contributed by atoms with van der Waals surface area (Å²) < 4.78 is 0. The molecule has 0 spiro atoms. The van der Waals surface area contributed by atoms with Crippen LogP contribution in [0.3, 0.4) is 0 Å². The molecule has 1 heterocycles. The van der Waals surface area contributed by atoms with E-state index in [9.17, 15) is 4.79 Å². The van der Waals surface area contributed by atoms with Crippen LogP contribution in [0.5, 0.6) is 0 Å². The number of aromatic nitrogens is 1. The van der Waals surface area contributed by atoms with Crippen molar-refractivity contribution in [3.05, 3.63) is 29.6 Å². The van der Waals surface area contributed by atoms with E-state index in [1.165, 1.54) is 0 Å². The van der Waals surface area contributed by atoms with Crippen molar-refractivity contribution in [1.82, 2.24) is 4.98 Å². The molecule has 1 aromatic heterocycles. The smallest absolute Gasteiger partial charge is 0.166 e. The van der Waals surface area contributed by atoms with E-state index in [0.717, 1.165) is 30.4 Å². The van der Waals surface area contributed by atoms with Gasteiger partial charge in [0.05, 0.1) is 0 Å². The normalized spacial score (nSPS) is 15.8. The average Bonchev–Trinajstić information content (AvgIpc) is 3.00. The predicted octanol–water partition coefficient (Wildman–Crippen LogP) is 2.24. The lowest BCUT2D eigenvalue weighted by atomic mass is 10.0. The molecule has 1 aliphatic rings. The highest BCUT2D eigenvalue weighted by Crippen LogP contribution is 2.33. The van der Waals surface area contributed by atoms with E-state index < -0.39 is 0 Å². The molecule has 0 aliphatic heterocycles. The molecule has 2 rings (SSSR count). The van der Waals surface area contributed by atoms with Gasteiger partial charge in [-0.2, -0.15) is 0 Å². The van der Waals surface area contributed by atoms with Crippen LogP contribution in [0.1, 0.15) is 35.7 Å². The number of pyridine rings is 1. The third-order valence-corrected chi connectivity index (χ3v) is 2.50. The van der Waals surface area contributed by atoms with Crippen molar-refractivity contribution in [2.75, 3.05) is 0 Å². The summed E-state index contributed by atoms with van der Waals surface area (Å²) >= 11 is 0. The van der Waals surface area contributed by atoms with Crippen LogP contribution in [-0.2, 0) is 6.42 Å². The van der Waals surface area contributed by atoms with Gasteiger partial charge in [-0.15, -0.1) is 0 Å². The molecule has 0 aromatic carbocycles. The first-order valence-electron chi connectivity index (χ1n) is 4.80. The third-order valence-electron chi connectivity index (χ3n) is 2.50. The van der Waals surface area contributed by atoms with Crippen molar-refractivity contribution in [2.45, 2.75) is 26.2 Å². The lowest BCUT2D eigenvalue weighted by molar-refractivity contribution is 0.0966. The van der Waals surface area contributed by atoms with Crippen molar-refractivity contribution in [1.29, 1.82) is 0 Å². The van der Waals surface area contributed by atoms with Crippen LogP contribution in [0.4, 0.5) is 0 Å². The van der Waals surface area contributed by atoms with Gasteiger partial charge in [0.1, 0.15) is 0 Å². The van der Waals surface area contributed by atoms with Crippen LogP contribution in [-0.4, -0.2) is 10.8 Å². The number of carbonyl (C=O) groups excluding carboxylic acids is 1. The Hall–Kier alpha value is -1.18. The Morgan fingerprint density at radius 2 is 2.38 bits per heavy atom. The molecule has 0 radical (unpaired) electrons. The van der Waals surface area contributed by atoms with Gasteiger partial charge in [-0.25, -0.2) is 0 Å². The second-order valence-electron chi connectivity index (χ2n) is 3.52. The molecule has 0 N–H and O–H groups in total. The standard InChI is InChI=1S/C11H13NO/c1-2-8-7-12-6-5-10(8)11(13)9-3-4-9/h5-7,9H,2-4H2,1H3. The SMILES string of the molecule is CCc1cnccc1C(=O)C1CC1. The van der Waals surface area contributed by atoms with E-state index in [1.54, 1.807) is 12.4 Å². The summed E-state index contributed by atoms with van der Waals surface area (Å²) in [5, 5.41) is 0. The molecule has 1 fully saturated rings. The second-order valence-corrected chi connectivity index (χ2v) is 3.52. The molecule has 1 aliphatic carbocycles. The second kappa shape index (κ2) is 3.29. The molecule has 1 aromatic rings. The predicted molar refractivity (Wildman–Crippen MR) is 50.7 cm³/mol. The van der Waals surface area contributed by atoms with Gasteiger partial charge in [-0.3, -0.25) is 9.78 Å². The van der Waals surface area contributed by atoms with Crippen molar-refractivity contribution in [2.24, 2.45) is 5.92 Å². The number of hydrogen-bond donors (Lipinski definition) is 0. The molecule has 0 saturated heterocycles. The van der Waals surface area contributed by atoms with E-state index in [0.29, 0.717) is 11.7 Å². The highest BCUT2D eigenvalue weighted by atomic mass is 16.1. The van der Waals surface area contributed by atoms with Crippen molar-refractivity contribution in [3.8, 4) is 0 Å². The zero-order valence-corrected chi connectivity index (χ0v) is 7.79. The number of carbonyl (C=O) groups is 1. The lowest BCUT2D eigenvalue weighted by Gasteiger charge is -2.03. The van der Waals surface area contributed by atoms with Crippen LogP contribution in [0.25, 0.3) is 0 Å². The van der Waals surface area contributed by atoms with E-state index in [4.69, 9.17) is 0 Å². The Kier molecular flexibility index (Phi) is 2.13. The van der Waals surface area contributed by atoms with Crippen LogP contribution in [0, 0.1) is 5.92 Å². The molecule has 1 saturated carbocycles. The summed E-state index contributed by atoms with van der Waals surface area (Å²) in [5.41, 5.74) is 1.97. The number of Topliss-reactive ketones (excluding diaryl/α,β-unsaturated/α-hetero) is 1. The van der Waals surface area contributed by atoms with Crippen LogP contribution >= 0.6 is 0 Å². The molecule has 0 amide bonds. The quantitative estimate of drug-likeness (QED) is 0.659.